The van der Waals surface area contributed by atoms with Crippen molar-refractivity contribution in [3.05, 3.63) is 11.4 Å². The van der Waals surface area contributed by atoms with Crippen LogP contribution >= 0.6 is 0 Å². The first-order valence-electron chi connectivity index (χ1n) is 7.66. The fourth-order valence-corrected chi connectivity index (χ4v) is 4.65. The van der Waals surface area contributed by atoms with E-state index in [0.717, 1.165) is 19.3 Å². The molecule has 0 aliphatic heterocycles. The number of rotatable bonds is 8. The highest BCUT2D eigenvalue weighted by molar-refractivity contribution is 7.89. The molecule has 1 aliphatic carbocycles. The van der Waals surface area contributed by atoms with E-state index in [1.54, 1.807) is 15.9 Å². The standard InChI is InChI=1S/C14H26N4O2S/c1-4-8-17(10-13-5-6-13)21(19,20)14-11(2)16-18(9-7-15)12(14)3/h13H,4-10,15H2,1-3H3. The average molecular weight is 314 g/mol. The fourth-order valence-electron chi connectivity index (χ4n) is 2.67. The first-order valence-corrected chi connectivity index (χ1v) is 9.10. The number of hydrogen-bond donors (Lipinski definition) is 1. The Bertz CT molecular complexity index is 590. The molecule has 6 nitrogen and oxygen atoms in total. The van der Waals surface area contributed by atoms with Gasteiger partial charge in [-0.1, -0.05) is 6.92 Å². The summed E-state index contributed by atoms with van der Waals surface area (Å²) < 4.78 is 29.3. The normalized spacial score (nSPS) is 15.9. The lowest BCUT2D eigenvalue weighted by Crippen LogP contribution is -2.34. The maximum Gasteiger partial charge on any atom is 0.246 e. The summed E-state index contributed by atoms with van der Waals surface area (Å²) in [5.41, 5.74) is 6.82. The smallest absolute Gasteiger partial charge is 0.246 e. The van der Waals surface area contributed by atoms with E-state index in [2.05, 4.69) is 5.10 Å². The highest BCUT2D eigenvalue weighted by atomic mass is 32.2. The van der Waals surface area contributed by atoms with E-state index in [4.69, 9.17) is 5.73 Å². The molecular formula is C14H26N4O2S. The Hall–Kier alpha value is -0.920. The summed E-state index contributed by atoms with van der Waals surface area (Å²) in [5.74, 6) is 0.533. The monoisotopic (exact) mass is 314 g/mol. The van der Waals surface area contributed by atoms with Crippen LogP contribution in [0.5, 0.6) is 0 Å². The van der Waals surface area contributed by atoms with Gasteiger partial charge in [0, 0.05) is 19.6 Å². The Morgan fingerprint density at radius 2 is 2.05 bits per heavy atom. The molecule has 1 aromatic rings. The van der Waals surface area contributed by atoms with Gasteiger partial charge in [0.2, 0.25) is 10.0 Å². The van der Waals surface area contributed by atoms with Crippen LogP contribution in [0.2, 0.25) is 0 Å². The summed E-state index contributed by atoms with van der Waals surface area (Å²) in [7, 11) is -3.47. The van der Waals surface area contributed by atoms with E-state index >= 15 is 0 Å². The van der Waals surface area contributed by atoms with Crippen LogP contribution in [-0.2, 0) is 16.6 Å². The van der Waals surface area contributed by atoms with E-state index < -0.39 is 10.0 Å². The van der Waals surface area contributed by atoms with Gasteiger partial charge in [0.05, 0.1) is 17.9 Å². The number of hydrogen-bond acceptors (Lipinski definition) is 4. The number of aromatic nitrogens is 2. The minimum atomic E-state index is -3.47. The maximum atomic E-state index is 13.0. The van der Waals surface area contributed by atoms with Gasteiger partial charge in [-0.25, -0.2) is 8.42 Å². The third-order valence-electron chi connectivity index (χ3n) is 3.89. The molecule has 2 rings (SSSR count). The molecule has 120 valence electrons. The topological polar surface area (TPSA) is 81.2 Å². The van der Waals surface area contributed by atoms with Gasteiger partial charge in [-0.2, -0.15) is 9.40 Å². The predicted octanol–water partition coefficient (Wildman–Crippen LogP) is 1.27. The summed E-state index contributed by atoms with van der Waals surface area (Å²) >= 11 is 0. The van der Waals surface area contributed by atoms with Crippen LogP contribution < -0.4 is 5.73 Å². The SMILES string of the molecule is CCCN(CC1CC1)S(=O)(=O)c1c(C)nn(CCN)c1C. The zero-order valence-electron chi connectivity index (χ0n) is 13.2. The summed E-state index contributed by atoms with van der Waals surface area (Å²) in [6.45, 7) is 7.77. The minimum Gasteiger partial charge on any atom is -0.329 e. The van der Waals surface area contributed by atoms with E-state index in [1.165, 1.54) is 0 Å². The van der Waals surface area contributed by atoms with Crippen molar-refractivity contribution in [2.75, 3.05) is 19.6 Å². The molecule has 0 saturated heterocycles. The number of aryl methyl sites for hydroxylation is 1. The molecule has 0 radical (unpaired) electrons. The summed E-state index contributed by atoms with van der Waals surface area (Å²) in [6.07, 6.45) is 3.10. The first kappa shape index (κ1) is 16.5. The highest BCUT2D eigenvalue weighted by Gasteiger charge is 2.34. The third-order valence-corrected chi connectivity index (χ3v) is 6.00. The van der Waals surface area contributed by atoms with Crippen molar-refractivity contribution < 1.29 is 8.42 Å². The molecule has 21 heavy (non-hydrogen) atoms. The van der Waals surface area contributed by atoms with Crippen LogP contribution in [0.25, 0.3) is 0 Å². The minimum absolute atomic E-state index is 0.366. The van der Waals surface area contributed by atoms with Crippen molar-refractivity contribution in [1.29, 1.82) is 0 Å². The van der Waals surface area contributed by atoms with Gasteiger partial charge in [-0.3, -0.25) is 4.68 Å². The highest BCUT2D eigenvalue weighted by Crippen LogP contribution is 2.32. The van der Waals surface area contributed by atoms with Crippen LogP contribution in [0.4, 0.5) is 0 Å². The number of nitrogens with zero attached hydrogens (tertiary/aromatic N) is 3. The zero-order chi connectivity index (χ0) is 15.6. The van der Waals surface area contributed by atoms with Crippen molar-refractivity contribution in [3.8, 4) is 0 Å². The second-order valence-corrected chi connectivity index (χ2v) is 7.69. The van der Waals surface area contributed by atoms with E-state index in [1.807, 2.05) is 13.8 Å². The van der Waals surface area contributed by atoms with Crippen molar-refractivity contribution in [3.63, 3.8) is 0 Å². The molecule has 0 spiro atoms. The van der Waals surface area contributed by atoms with Gasteiger partial charge >= 0.3 is 0 Å². The quantitative estimate of drug-likeness (QED) is 0.783. The Balaban J connectivity index is 2.36. The maximum absolute atomic E-state index is 13.0. The van der Waals surface area contributed by atoms with Crippen LogP contribution in [0.3, 0.4) is 0 Å². The summed E-state index contributed by atoms with van der Waals surface area (Å²) in [4.78, 5) is 0.366. The molecule has 1 aliphatic rings. The Morgan fingerprint density at radius 3 is 2.57 bits per heavy atom. The van der Waals surface area contributed by atoms with Crippen LogP contribution in [0, 0.1) is 19.8 Å². The second-order valence-electron chi connectivity index (χ2n) is 5.82. The molecule has 2 N–H and O–H groups in total. The molecule has 0 atom stereocenters. The molecule has 7 heteroatoms. The molecule has 0 bridgehead atoms. The lowest BCUT2D eigenvalue weighted by molar-refractivity contribution is 0.395. The van der Waals surface area contributed by atoms with E-state index in [9.17, 15) is 8.42 Å². The Morgan fingerprint density at radius 1 is 1.38 bits per heavy atom. The van der Waals surface area contributed by atoms with Gasteiger partial charge in [0.15, 0.2) is 0 Å². The summed E-state index contributed by atoms with van der Waals surface area (Å²) in [5, 5.41) is 4.33. The second kappa shape index (κ2) is 6.46. The van der Waals surface area contributed by atoms with Gasteiger partial charge in [-0.15, -0.1) is 0 Å². The zero-order valence-corrected chi connectivity index (χ0v) is 14.0. The van der Waals surface area contributed by atoms with E-state index in [0.29, 0.717) is 48.4 Å². The van der Waals surface area contributed by atoms with Gasteiger partial charge < -0.3 is 5.73 Å². The fraction of sp³-hybridized carbons (Fsp3) is 0.786. The van der Waals surface area contributed by atoms with Crippen molar-refractivity contribution >= 4 is 10.0 Å². The molecule has 1 aromatic heterocycles. The van der Waals surface area contributed by atoms with Crippen molar-refractivity contribution in [2.45, 2.75) is 51.5 Å². The Labute approximate surface area is 127 Å². The van der Waals surface area contributed by atoms with Crippen LogP contribution in [0.1, 0.15) is 37.6 Å². The van der Waals surface area contributed by atoms with Crippen molar-refractivity contribution in [2.24, 2.45) is 11.7 Å². The first-order chi connectivity index (χ1) is 9.91. The predicted molar refractivity (Wildman–Crippen MR) is 82.5 cm³/mol. The largest absolute Gasteiger partial charge is 0.329 e. The van der Waals surface area contributed by atoms with Crippen LogP contribution in [0.15, 0.2) is 4.90 Å². The lowest BCUT2D eigenvalue weighted by atomic mass is 10.4. The molecule has 1 heterocycles. The van der Waals surface area contributed by atoms with E-state index in [-0.39, 0.29) is 0 Å². The van der Waals surface area contributed by atoms with Crippen molar-refractivity contribution in [1.82, 2.24) is 14.1 Å². The van der Waals surface area contributed by atoms with Gasteiger partial charge in [0.25, 0.3) is 0 Å². The summed E-state index contributed by atoms with van der Waals surface area (Å²) in [6, 6.07) is 0. The molecule has 1 saturated carbocycles. The van der Waals surface area contributed by atoms with Crippen LogP contribution in [-0.4, -0.2) is 42.1 Å². The van der Waals surface area contributed by atoms with Gasteiger partial charge in [0.1, 0.15) is 4.90 Å². The Kier molecular flexibility index (Phi) is 5.06. The molecule has 0 unspecified atom stereocenters. The third kappa shape index (κ3) is 3.46. The van der Waals surface area contributed by atoms with Gasteiger partial charge in [-0.05, 0) is 39.0 Å². The molecule has 0 aromatic carbocycles. The lowest BCUT2D eigenvalue weighted by Gasteiger charge is -2.21. The molecule has 0 amide bonds. The molecule has 1 fully saturated rings. The average Bonchev–Trinajstić information content (AvgIpc) is 3.16. The number of sulfonamides is 1. The molecular weight excluding hydrogens is 288 g/mol. The number of nitrogens with two attached hydrogens (primary N) is 1.